The van der Waals surface area contributed by atoms with E-state index in [0.29, 0.717) is 19.0 Å². The molecule has 6 nitrogen and oxygen atoms in total. The largest absolute Gasteiger partial charge is 0.304 e. The summed E-state index contributed by atoms with van der Waals surface area (Å²) in [4.78, 5) is 2.41. The molecule has 2 rings (SSSR count). The maximum atomic E-state index is 12.3. The third kappa shape index (κ3) is 3.39. The van der Waals surface area contributed by atoms with Gasteiger partial charge in [-0.25, -0.2) is 8.42 Å². The monoisotopic (exact) mass is 300 g/mol. The zero-order valence-corrected chi connectivity index (χ0v) is 13.1. The minimum atomic E-state index is -3.38. The van der Waals surface area contributed by atoms with Crippen LogP contribution in [0.2, 0.25) is 0 Å². The molecule has 0 radical (unpaired) electrons. The summed E-state index contributed by atoms with van der Waals surface area (Å²) in [6.07, 6.45) is 3.34. The van der Waals surface area contributed by atoms with E-state index in [1.165, 1.54) is 12.3 Å². The van der Waals surface area contributed by atoms with Crippen molar-refractivity contribution >= 4 is 10.0 Å². The van der Waals surface area contributed by atoms with Crippen LogP contribution in [0, 0.1) is 5.92 Å². The number of piperidine rings is 1. The summed E-state index contributed by atoms with van der Waals surface area (Å²) >= 11 is 0. The molecule has 1 aliphatic heterocycles. The van der Waals surface area contributed by atoms with Crippen LogP contribution in [0.3, 0.4) is 0 Å². The fourth-order valence-corrected chi connectivity index (χ4v) is 4.08. The summed E-state index contributed by atoms with van der Waals surface area (Å²) in [7, 11) is -3.38. The van der Waals surface area contributed by atoms with Crippen LogP contribution in [0.25, 0.3) is 0 Å². The van der Waals surface area contributed by atoms with Crippen molar-refractivity contribution in [3.63, 3.8) is 0 Å². The molecule has 0 saturated carbocycles. The van der Waals surface area contributed by atoms with E-state index in [4.69, 9.17) is 0 Å². The Kier molecular flexibility index (Phi) is 5.17. The van der Waals surface area contributed by atoms with Gasteiger partial charge in [-0.3, -0.25) is 5.10 Å². The van der Waals surface area contributed by atoms with Crippen molar-refractivity contribution in [2.45, 2.75) is 31.7 Å². The van der Waals surface area contributed by atoms with Gasteiger partial charge in [0.2, 0.25) is 0 Å². The van der Waals surface area contributed by atoms with Gasteiger partial charge in [-0.15, -0.1) is 0 Å². The van der Waals surface area contributed by atoms with Crippen molar-refractivity contribution in [3.8, 4) is 0 Å². The van der Waals surface area contributed by atoms with Crippen LogP contribution in [0.15, 0.2) is 17.3 Å². The minimum absolute atomic E-state index is 0.194. The van der Waals surface area contributed by atoms with Crippen molar-refractivity contribution in [1.82, 2.24) is 19.4 Å². The van der Waals surface area contributed by atoms with Crippen LogP contribution in [0.5, 0.6) is 0 Å². The second-order valence-electron chi connectivity index (χ2n) is 5.25. The Labute approximate surface area is 121 Å². The van der Waals surface area contributed by atoms with Crippen molar-refractivity contribution < 1.29 is 8.42 Å². The van der Waals surface area contributed by atoms with Gasteiger partial charge in [0.15, 0.2) is 5.03 Å². The molecule has 0 aliphatic carbocycles. The smallest absolute Gasteiger partial charge is 0.259 e. The average molecular weight is 300 g/mol. The molecule has 0 aromatic carbocycles. The highest BCUT2D eigenvalue weighted by molar-refractivity contribution is 7.89. The molecule has 0 bridgehead atoms. The Balaban J connectivity index is 1.91. The number of nitrogens with zero attached hydrogens (tertiary/aromatic N) is 3. The zero-order valence-electron chi connectivity index (χ0n) is 12.2. The Morgan fingerprint density at radius 3 is 2.50 bits per heavy atom. The van der Waals surface area contributed by atoms with E-state index >= 15 is 0 Å². The predicted octanol–water partition coefficient (Wildman–Crippen LogP) is 1.15. The molecule has 2 heterocycles. The van der Waals surface area contributed by atoms with Gasteiger partial charge in [0.25, 0.3) is 10.0 Å². The summed E-state index contributed by atoms with van der Waals surface area (Å²) in [6, 6.07) is 1.51. The van der Waals surface area contributed by atoms with E-state index in [-0.39, 0.29) is 5.03 Å². The number of sulfonamides is 1. The number of aromatic nitrogens is 2. The van der Waals surface area contributed by atoms with Crippen LogP contribution in [0.1, 0.15) is 26.7 Å². The molecule has 7 heteroatoms. The third-order valence-electron chi connectivity index (χ3n) is 4.08. The fourth-order valence-electron chi connectivity index (χ4n) is 2.71. The lowest BCUT2D eigenvalue weighted by Gasteiger charge is -2.33. The minimum Gasteiger partial charge on any atom is -0.304 e. The SMILES string of the molecule is CCN(CC)CC1CCN(S(=O)(=O)c2ccn[nH]2)CC1. The van der Waals surface area contributed by atoms with E-state index in [2.05, 4.69) is 28.9 Å². The highest BCUT2D eigenvalue weighted by Crippen LogP contribution is 2.23. The lowest BCUT2D eigenvalue weighted by atomic mass is 9.97. The van der Waals surface area contributed by atoms with Gasteiger partial charge < -0.3 is 4.90 Å². The van der Waals surface area contributed by atoms with Gasteiger partial charge in [-0.2, -0.15) is 9.40 Å². The van der Waals surface area contributed by atoms with Gasteiger partial charge in [-0.05, 0) is 37.9 Å². The summed E-state index contributed by atoms with van der Waals surface area (Å²) < 4.78 is 26.2. The van der Waals surface area contributed by atoms with Crippen molar-refractivity contribution in [2.75, 3.05) is 32.7 Å². The molecule has 0 atom stereocenters. The van der Waals surface area contributed by atoms with Crippen molar-refractivity contribution in [1.29, 1.82) is 0 Å². The van der Waals surface area contributed by atoms with Crippen molar-refractivity contribution in [2.24, 2.45) is 5.92 Å². The standard InChI is InChI=1S/C13H24N4O2S/c1-3-16(4-2)11-12-6-9-17(10-7-12)20(18,19)13-5-8-14-15-13/h5,8,12H,3-4,6-7,9-11H2,1-2H3,(H,14,15). The maximum absolute atomic E-state index is 12.3. The first-order chi connectivity index (χ1) is 9.57. The lowest BCUT2D eigenvalue weighted by Crippen LogP contribution is -2.41. The normalized spacial score (nSPS) is 18.8. The maximum Gasteiger partial charge on any atom is 0.259 e. The second kappa shape index (κ2) is 6.69. The van der Waals surface area contributed by atoms with Crippen LogP contribution in [-0.4, -0.2) is 60.5 Å². The molecular formula is C13H24N4O2S. The molecular weight excluding hydrogens is 276 g/mol. The van der Waals surface area contributed by atoms with E-state index in [0.717, 1.165) is 32.5 Å². The first-order valence-electron chi connectivity index (χ1n) is 7.29. The van der Waals surface area contributed by atoms with E-state index in [1.54, 1.807) is 4.31 Å². The second-order valence-corrected chi connectivity index (χ2v) is 7.16. The van der Waals surface area contributed by atoms with Crippen LogP contribution < -0.4 is 0 Å². The summed E-state index contributed by atoms with van der Waals surface area (Å²) in [5, 5.41) is 6.46. The Bertz CT molecular complexity index is 488. The van der Waals surface area contributed by atoms with E-state index in [9.17, 15) is 8.42 Å². The Morgan fingerprint density at radius 2 is 2.00 bits per heavy atom. The van der Waals surface area contributed by atoms with Gasteiger partial charge in [0.05, 0.1) is 6.20 Å². The van der Waals surface area contributed by atoms with Crippen molar-refractivity contribution in [3.05, 3.63) is 12.3 Å². The third-order valence-corrected chi connectivity index (χ3v) is 5.91. The Morgan fingerprint density at radius 1 is 1.35 bits per heavy atom. The molecule has 20 heavy (non-hydrogen) atoms. The topological polar surface area (TPSA) is 69.3 Å². The molecule has 0 amide bonds. The van der Waals surface area contributed by atoms with Crippen LogP contribution in [-0.2, 0) is 10.0 Å². The fraction of sp³-hybridized carbons (Fsp3) is 0.769. The van der Waals surface area contributed by atoms with Gasteiger partial charge in [-0.1, -0.05) is 13.8 Å². The number of H-pyrrole nitrogens is 1. The summed E-state index contributed by atoms with van der Waals surface area (Å²) in [6.45, 7) is 8.74. The number of hydrogen-bond donors (Lipinski definition) is 1. The molecule has 1 aliphatic rings. The summed E-state index contributed by atoms with van der Waals surface area (Å²) in [5.41, 5.74) is 0. The average Bonchev–Trinajstić information content (AvgIpc) is 3.00. The molecule has 1 saturated heterocycles. The number of hydrogen-bond acceptors (Lipinski definition) is 4. The molecule has 1 aromatic heterocycles. The predicted molar refractivity (Wildman–Crippen MR) is 77.9 cm³/mol. The highest BCUT2D eigenvalue weighted by Gasteiger charge is 2.30. The molecule has 114 valence electrons. The van der Waals surface area contributed by atoms with Gasteiger partial charge >= 0.3 is 0 Å². The number of aromatic amines is 1. The summed E-state index contributed by atoms with van der Waals surface area (Å²) in [5.74, 6) is 0.600. The number of rotatable bonds is 6. The van der Waals surface area contributed by atoms with Crippen LogP contribution in [0.4, 0.5) is 0 Å². The highest BCUT2D eigenvalue weighted by atomic mass is 32.2. The number of nitrogens with one attached hydrogen (secondary N) is 1. The Hall–Kier alpha value is -0.920. The molecule has 1 N–H and O–H groups in total. The molecule has 1 fully saturated rings. The van der Waals surface area contributed by atoms with Gasteiger partial charge in [0, 0.05) is 19.6 Å². The molecule has 0 spiro atoms. The molecule has 1 aromatic rings. The lowest BCUT2D eigenvalue weighted by molar-refractivity contribution is 0.193. The first-order valence-corrected chi connectivity index (χ1v) is 8.73. The quantitative estimate of drug-likeness (QED) is 0.856. The molecule has 0 unspecified atom stereocenters. The zero-order chi connectivity index (χ0) is 14.6. The van der Waals surface area contributed by atoms with E-state index in [1.807, 2.05) is 0 Å². The van der Waals surface area contributed by atoms with Crippen LogP contribution >= 0.6 is 0 Å². The van der Waals surface area contributed by atoms with E-state index < -0.39 is 10.0 Å². The first kappa shape index (κ1) is 15.5. The van der Waals surface area contributed by atoms with Gasteiger partial charge in [0.1, 0.15) is 0 Å².